The monoisotopic (exact) mass is 352 g/mol. The Morgan fingerprint density at radius 2 is 1.80 bits per heavy atom. The number of carbonyl (C=O) groups is 2. The zero-order valence-corrected chi connectivity index (χ0v) is 15.1. The maximum absolute atomic E-state index is 12.1. The lowest BCUT2D eigenvalue weighted by atomic mass is 10.1. The van der Waals surface area contributed by atoms with Gasteiger partial charge in [0.1, 0.15) is 5.60 Å². The van der Waals surface area contributed by atoms with E-state index in [9.17, 15) is 9.59 Å². The van der Waals surface area contributed by atoms with Crippen LogP contribution in [0, 0.1) is 0 Å². The molecule has 0 atom stereocenters. The van der Waals surface area contributed by atoms with Crippen LogP contribution in [0.15, 0.2) is 18.2 Å². The van der Waals surface area contributed by atoms with Crippen molar-refractivity contribution in [1.82, 2.24) is 4.90 Å². The fourth-order valence-corrected chi connectivity index (χ4v) is 1.82. The van der Waals surface area contributed by atoms with Crippen molar-refractivity contribution in [2.24, 2.45) is 0 Å². The highest BCUT2D eigenvalue weighted by atomic mass is 16.6. The maximum Gasteiger partial charge on any atom is 0.410 e. The topological polar surface area (TPSA) is 116 Å². The molecular formula is C17H24N2O6. The van der Waals surface area contributed by atoms with Crippen molar-refractivity contribution in [3.63, 3.8) is 0 Å². The third kappa shape index (κ3) is 7.99. The van der Waals surface area contributed by atoms with Crippen LogP contribution in [0.1, 0.15) is 43.6 Å². The second-order valence-electron chi connectivity index (χ2n) is 5.98. The molecule has 1 rings (SSSR count). The van der Waals surface area contributed by atoms with Gasteiger partial charge in [0.2, 0.25) is 0 Å². The average molecular weight is 352 g/mol. The molecule has 0 aromatic heterocycles. The predicted octanol–water partition coefficient (Wildman–Crippen LogP) is 2.23. The number of anilines is 1. The zero-order valence-electron chi connectivity index (χ0n) is 15.1. The van der Waals surface area contributed by atoms with Crippen molar-refractivity contribution < 1.29 is 28.7 Å². The summed E-state index contributed by atoms with van der Waals surface area (Å²) >= 11 is 0. The molecule has 1 amide bonds. The normalized spacial score (nSPS) is 9.96. The van der Waals surface area contributed by atoms with Gasteiger partial charge in [0, 0.05) is 12.2 Å². The minimum atomic E-state index is -0.551. The van der Waals surface area contributed by atoms with Gasteiger partial charge in [-0.2, -0.15) is 9.59 Å². The van der Waals surface area contributed by atoms with Crippen molar-refractivity contribution >= 4 is 23.9 Å². The highest BCUT2D eigenvalue weighted by Crippen LogP contribution is 2.19. The molecule has 0 spiro atoms. The van der Waals surface area contributed by atoms with Crippen LogP contribution in [-0.4, -0.2) is 42.4 Å². The van der Waals surface area contributed by atoms with E-state index in [0.717, 1.165) is 5.56 Å². The third-order valence-electron chi connectivity index (χ3n) is 2.96. The van der Waals surface area contributed by atoms with Gasteiger partial charge in [-0.15, -0.1) is 0 Å². The second-order valence-corrected chi connectivity index (χ2v) is 5.98. The number of nitrogen functional groups attached to an aromatic ring is 1. The molecule has 138 valence electrons. The lowest BCUT2D eigenvalue weighted by Gasteiger charge is -2.27. The van der Waals surface area contributed by atoms with Crippen molar-refractivity contribution in [2.45, 2.75) is 39.8 Å². The number of nitrogens with two attached hydrogens (primary N) is 1. The minimum Gasteiger partial charge on any atom is -0.465 e. The Morgan fingerprint density at radius 3 is 2.20 bits per heavy atom. The molecule has 8 nitrogen and oxygen atoms in total. The van der Waals surface area contributed by atoms with Gasteiger partial charge >= 0.3 is 18.2 Å². The second kappa shape index (κ2) is 10.1. The summed E-state index contributed by atoms with van der Waals surface area (Å²) < 4.78 is 10.0. The summed E-state index contributed by atoms with van der Waals surface area (Å²) in [5.41, 5.74) is 6.97. The number of methoxy groups -OCH3 is 1. The van der Waals surface area contributed by atoms with E-state index in [0.29, 0.717) is 24.3 Å². The number of hydrogen-bond donors (Lipinski definition) is 1. The fraction of sp³-hybridized carbons (Fsp3) is 0.471. The number of rotatable bonds is 4. The largest absolute Gasteiger partial charge is 0.465 e. The van der Waals surface area contributed by atoms with Gasteiger partial charge in [-0.1, -0.05) is 6.07 Å². The number of amides is 1. The van der Waals surface area contributed by atoms with Crippen LogP contribution in [0.2, 0.25) is 0 Å². The molecule has 0 bridgehead atoms. The van der Waals surface area contributed by atoms with Crippen LogP contribution in [0.3, 0.4) is 0 Å². The van der Waals surface area contributed by atoms with Crippen molar-refractivity contribution in [3.8, 4) is 0 Å². The van der Waals surface area contributed by atoms with Gasteiger partial charge < -0.3 is 20.1 Å². The first-order valence-corrected chi connectivity index (χ1v) is 7.53. The molecule has 25 heavy (non-hydrogen) atoms. The molecule has 0 unspecified atom stereocenters. The van der Waals surface area contributed by atoms with Gasteiger partial charge in [0.25, 0.3) is 0 Å². The highest BCUT2D eigenvalue weighted by molar-refractivity contribution is 5.90. The van der Waals surface area contributed by atoms with Crippen molar-refractivity contribution in [3.05, 3.63) is 29.3 Å². The molecule has 0 aliphatic carbocycles. The average Bonchev–Trinajstić information content (AvgIpc) is 2.51. The summed E-state index contributed by atoms with van der Waals surface area (Å²) in [7, 11) is 1.31. The molecular weight excluding hydrogens is 328 g/mol. The van der Waals surface area contributed by atoms with E-state index in [1.807, 2.05) is 27.7 Å². The first-order chi connectivity index (χ1) is 11.6. The molecule has 2 N–H and O–H groups in total. The summed E-state index contributed by atoms with van der Waals surface area (Å²) in [6.07, 6.45) is -0.147. The van der Waals surface area contributed by atoms with Crippen LogP contribution in [-0.2, 0) is 25.6 Å². The summed E-state index contributed by atoms with van der Waals surface area (Å²) in [5, 5.41) is 0. The minimum absolute atomic E-state index is 0.250. The smallest absolute Gasteiger partial charge is 0.410 e. The van der Waals surface area contributed by atoms with E-state index < -0.39 is 17.7 Å². The van der Waals surface area contributed by atoms with E-state index >= 15 is 0 Å². The predicted molar refractivity (Wildman–Crippen MR) is 89.5 cm³/mol. The SMILES string of the molecule is CCN(Cc1ccc(C(=O)OC)cc1N)C(=O)OC(C)(C)C.O=C=O. The quantitative estimate of drug-likeness (QED) is 0.652. The van der Waals surface area contributed by atoms with Crippen molar-refractivity contribution in [1.29, 1.82) is 0 Å². The van der Waals surface area contributed by atoms with E-state index in [1.165, 1.54) is 7.11 Å². The number of benzene rings is 1. The Morgan fingerprint density at radius 1 is 1.24 bits per heavy atom. The highest BCUT2D eigenvalue weighted by Gasteiger charge is 2.22. The molecule has 0 aliphatic rings. The molecule has 0 aliphatic heterocycles. The van der Waals surface area contributed by atoms with Gasteiger partial charge in [-0.25, -0.2) is 9.59 Å². The number of esters is 1. The van der Waals surface area contributed by atoms with Gasteiger partial charge in [0.15, 0.2) is 0 Å². The summed E-state index contributed by atoms with van der Waals surface area (Å²) in [6.45, 7) is 8.13. The Hall–Kier alpha value is -2.86. The molecule has 0 saturated heterocycles. The van der Waals surface area contributed by atoms with Crippen LogP contribution < -0.4 is 5.73 Å². The Kier molecular flexibility index (Phi) is 8.94. The van der Waals surface area contributed by atoms with E-state index in [4.69, 9.17) is 20.1 Å². The fourth-order valence-electron chi connectivity index (χ4n) is 1.82. The number of ether oxygens (including phenoxy) is 2. The standard InChI is InChI=1S/C16H24N2O4.CO2/c1-6-18(15(20)22-16(2,3)4)10-12-8-7-11(9-13(12)17)14(19)21-5;2-1-3/h7-9H,6,10,17H2,1-5H3;. The van der Waals surface area contributed by atoms with Crippen LogP contribution in [0.5, 0.6) is 0 Å². The first-order valence-electron chi connectivity index (χ1n) is 7.53. The van der Waals surface area contributed by atoms with Crippen LogP contribution >= 0.6 is 0 Å². The molecule has 0 saturated carbocycles. The van der Waals surface area contributed by atoms with Gasteiger partial charge in [-0.3, -0.25) is 0 Å². The molecule has 8 heteroatoms. The molecule has 0 heterocycles. The van der Waals surface area contributed by atoms with Gasteiger partial charge in [-0.05, 0) is 45.4 Å². The number of nitrogens with zero attached hydrogens (tertiary/aromatic N) is 1. The Labute approximate surface area is 146 Å². The summed E-state index contributed by atoms with van der Waals surface area (Å²) in [5.74, 6) is -0.447. The number of hydrogen-bond acceptors (Lipinski definition) is 7. The van der Waals surface area contributed by atoms with Crippen molar-refractivity contribution in [2.75, 3.05) is 19.4 Å². The molecule has 1 aromatic carbocycles. The molecule has 1 aromatic rings. The summed E-state index contributed by atoms with van der Waals surface area (Å²) in [6, 6.07) is 4.89. The first kappa shape index (κ1) is 22.1. The Balaban J connectivity index is 0.00000178. The third-order valence-corrected chi connectivity index (χ3v) is 2.96. The number of carbonyl (C=O) groups excluding carboxylic acids is 4. The molecule has 0 fully saturated rings. The maximum atomic E-state index is 12.1. The van der Waals surface area contributed by atoms with E-state index in [1.54, 1.807) is 23.1 Å². The van der Waals surface area contributed by atoms with Crippen LogP contribution in [0.4, 0.5) is 10.5 Å². The lowest BCUT2D eigenvalue weighted by molar-refractivity contribution is -0.191. The Bertz CT molecular complexity index is 631. The zero-order chi connectivity index (χ0) is 19.6. The van der Waals surface area contributed by atoms with Gasteiger partial charge in [0.05, 0.1) is 19.2 Å². The van der Waals surface area contributed by atoms with E-state index in [-0.39, 0.29) is 6.15 Å². The van der Waals surface area contributed by atoms with Crippen LogP contribution in [0.25, 0.3) is 0 Å². The molecule has 0 radical (unpaired) electrons. The lowest BCUT2D eigenvalue weighted by Crippen LogP contribution is -2.36. The summed E-state index contributed by atoms with van der Waals surface area (Å²) in [4.78, 5) is 41.4. The van der Waals surface area contributed by atoms with E-state index in [2.05, 4.69) is 4.74 Å².